The van der Waals surface area contributed by atoms with Crippen LogP contribution in [0.5, 0.6) is 0 Å². The monoisotopic (exact) mass is 250 g/mol. The van der Waals surface area contributed by atoms with E-state index in [4.69, 9.17) is 5.73 Å². The van der Waals surface area contributed by atoms with Gasteiger partial charge in [0.1, 0.15) is 5.52 Å². The summed E-state index contributed by atoms with van der Waals surface area (Å²) in [5, 5.41) is 1.11. The maximum Gasteiger partial charge on any atom is 0.183 e. The number of benzene rings is 1. The zero-order valence-corrected chi connectivity index (χ0v) is 9.88. The Morgan fingerprint density at radius 1 is 1.11 bits per heavy atom. The summed E-state index contributed by atoms with van der Waals surface area (Å²) in [7, 11) is 0. The number of rotatable bonds is 1. The number of nitrogens with zero attached hydrogens (tertiary/aromatic N) is 3. The number of hydrogen-bond donors (Lipinski definition) is 3. The molecule has 6 heteroatoms. The Kier molecular flexibility index (Phi) is 1.88. The van der Waals surface area contributed by atoms with Gasteiger partial charge in [0, 0.05) is 10.9 Å². The molecule has 0 saturated heterocycles. The molecule has 92 valence electrons. The highest BCUT2D eigenvalue weighted by molar-refractivity contribution is 5.87. The molecule has 0 bridgehead atoms. The third kappa shape index (κ3) is 1.46. The lowest BCUT2D eigenvalue weighted by Gasteiger charge is -1.99. The number of nitrogens with two attached hydrogens (primary N) is 1. The highest BCUT2D eigenvalue weighted by Crippen LogP contribution is 2.24. The van der Waals surface area contributed by atoms with Crippen LogP contribution >= 0.6 is 0 Å². The Morgan fingerprint density at radius 2 is 2.00 bits per heavy atom. The first kappa shape index (κ1) is 10.1. The van der Waals surface area contributed by atoms with E-state index in [2.05, 4.69) is 24.9 Å². The average Bonchev–Trinajstić information content (AvgIpc) is 3.04. The van der Waals surface area contributed by atoms with E-state index in [1.807, 2.05) is 30.3 Å². The molecular formula is C13H10N6. The molecule has 0 saturated carbocycles. The van der Waals surface area contributed by atoms with E-state index in [1.165, 1.54) is 0 Å². The molecule has 0 amide bonds. The van der Waals surface area contributed by atoms with Crippen molar-refractivity contribution in [3.63, 3.8) is 0 Å². The number of aromatic amines is 2. The second-order valence-corrected chi connectivity index (χ2v) is 4.30. The van der Waals surface area contributed by atoms with Gasteiger partial charge in [-0.2, -0.15) is 0 Å². The summed E-state index contributed by atoms with van der Waals surface area (Å²) < 4.78 is 0. The minimum Gasteiger partial charge on any atom is -0.382 e. The van der Waals surface area contributed by atoms with Crippen LogP contribution in [0, 0.1) is 0 Å². The molecule has 3 heterocycles. The zero-order chi connectivity index (χ0) is 12.8. The van der Waals surface area contributed by atoms with Crippen LogP contribution in [0.2, 0.25) is 0 Å². The van der Waals surface area contributed by atoms with Crippen LogP contribution in [-0.2, 0) is 0 Å². The molecule has 0 atom stereocenters. The number of nitrogens with one attached hydrogen (secondary N) is 2. The summed E-state index contributed by atoms with van der Waals surface area (Å²) in [5.41, 5.74) is 9.01. The predicted octanol–water partition coefficient (Wildman–Crippen LogP) is 2.08. The minimum atomic E-state index is 0.399. The van der Waals surface area contributed by atoms with E-state index in [0.29, 0.717) is 22.8 Å². The molecule has 4 rings (SSSR count). The van der Waals surface area contributed by atoms with Gasteiger partial charge in [0.25, 0.3) is 0 Å². The molecule has 0 aliphatic rings. The number of anilines is 1. The van der Waals surface area contributed by atoms with Crippen LogP contribution in [-0.4, -0.2) is 24.9 Å². The summed E-state index contributed by atoms with van der Waals surface area (Å²) in [6, 6.07) is 10.0. The Bertz CT molecular complexity index is 855. The van der Waals surface area contributed by atoms with Crippen molar-refractivity contribution in [2.75, 3.05) is 5.73 Å². The smallest absolute Gasteiger partial charge is 0.183 e. The summed E-state index contributed by atoms with van der Waals surface area (Å²) >= 11 is 0. The number of hydrogen-bond acceptors (Lipinski definition) is 4. The normalized spacial score (nSPS) is 11.4. The minimum absolute atomic E-state index is 0.399. The summed E-state index contributed by atoms with van der Waals surface area (Å²) in [6.45, 7) is 0. The summed E-state index contributed by atoms with van der Waals surface area (Å²) in [4.78, 5) is 19.0. The van der Waals surface area contributed by atoms with Crippen molar-refractivity contribution in [2.45, 2.75) is 0 Å². The van der Waals surface area contributed by atoms with Gasteiger partial charge in [0.05, 0.1) is 12.0 Å². The maximum absolute atomic E-state index is 5.90. The molecule has 4 aromatic rings. The highest BCUT2D eigenvalue weighted by atomic mass is 15.1. The molecule has 3 aromatic heterocycles. The standard InChI is InChI=1S/C13H10N6/c14-11-10-13(16-6-15-10)19-12(18-11)9-5-7-3-1-2-4-8(7)17-9/h1-6,17H,(H3,14,15,16,18,19). The van der Waals surface area contributed by atoms with E-state index >= 15 is 0 Å². The van der Waals surface area contributed by atoms with Gasteiger partial charge < -0.3 is 15.7 Å². The molecule has 0 spiro atoms. The molecule has 4 N–H and O–H groups in total. The van der Waals surface area contributed by atoms with Crippen molar-refractivity contribution in [3.05, 3.63) is 36.7 Å². The molecule has 0 aliphatic heterocycles. The fourth-order valence-corrected chi connectivity index (χ4v) is 2.17. The fraction of sp³-hybridized carbons (Fsp3) is 0. The second-order valence-electron chi connectivity index (χ2n) is 4.30. The maximum atomic E-state index is 5.90. The number of fused-ring (bicyclic) bond motifs is 2. The van der Waals surface area contributed by atoms with Crippen LogP contribution in [0.1, 0.15) is 0 Å². The molecule has 0 fully saturated rings. The molecule has 19 heavy (non-hydrogen) atoms. The van der Waals surface area contributed by atoms with Crippen molar-refractivity contribution in [2.24, 2.45) is 0 Å². The number of imidazole rings is 1. The number of nitrogen functional groups attached to an aromatic ring is 1. The van der Waals surface area contributed by atoms with Gasteiger partial charge in [0.15, 0.2) is 17.3 Å². The van der Waals surface area contributed by atoms with Gasteiger partial charge in [-0.3, -0.25) is 0 Å². The van der Waals surface area contributed by atoms with Crippen LogP contribution < -0.4 is 5.73 Å². The lowest BCUT2D eigenvalue weighted by molar-refractivity contribution is 1.19. The fourth-order valence-electron chi connectivity index (χ4n) is 2.17. The van der Waals surface area contributed by atoms with E-state index in [-0.39, 0.29) is 0 Å². The molecule has 0 radical (unpaired) electrons. The number of aromatic nitrogens is 5. The Hall–Kier alpha value is -2.89. The van der Waals surface area contributed by atoms with Crippen molar-refractivity contribution in [1.82, 2.24) is 24.9 Å². The Labute approximate surface area is 107 Å². The van der Waals surface area contributed by atoms with Crippen LogP contribution in [0.3, 0.4) is 0 Å². The SMILES string of the molecule is Nc1nc(-c2cc3ccccc3[nH]2)nc2nc[nH]c12. The summed E-state index contributed by atoms with van der Waals surface area (Å²) in [6.07, 6.45) is 1.56. The van der Waals surface area contributed by atoms with Crippen molar-refractivity contribution in [1.29, 1.82) is 0 Å². The van der Waals surface area contributed by atoms with Gasteiger partial charge in [-0.15, -0.1) is 0 Å². The molecular weight excluding hydrogens is 240 g/mol. The predicted molar refractivity (Wildman–Crippen MR) is 73.4 cm³/mol. The first-order valence-electron chi connectivity index (χ1n) is 5.86. The van der Waals surface area contributed by atoms with Crippen molar-refractivity contribution < 1.29 is 0 Å². The van der Waals surface area contributed by atoms with E-state index in [9.17, 15) is 0 Å². The first-order valence-corrected chi connectivity index (χ1v) is 5.86. The highest BCUT2D eigenvalue weighted by Gasteiger charge is 2.10. The second kappa shape index (κ2) is 3.55. The Morgan fingerprint density at radius 3 is 2.89 bits per heavy atom. The van der Waals surface area contributed by atoms with Crippen LogP contribution in [0.4, 0.5) is 5.82 Å². The lowest BCUT2D eigenvalue weighted by Crippen LogP contribution is -1.97. The van der Waals surface area contributed by atoms with Gasteiger partial charge in [0.2, 0.25) is 0 Å². The average molecular weight is 250 g/mol. The van der Waals surface area contributed by atoms with Crippen molar-refractivity contribution in [3.8, 4) is 11.5 Å². The summed E-state index contributed by atoms with van der Waals surface area (Å²) in [5.74, 6) is 0.949. The topological polar surface area (TPSA) is 96.3 Å². The number of H-pyrrole nitrogens is 2. The Balaban J connectivity index is 1.97. The quantitative estimate of drug-likeness (QED) is 0.482. The van der Waals surface area contributed by atoms with Gasteiger partial charge >= 0.3 is 0 Å². The molecule has 6 nitrogen and oxygen atoms in total. The van der Waals surface area contributed by atoms with Crippen LogP contribution in [0.25, 0.3) is 33.6 Å². The van der Waals surface area contributed by atoms with E-state index < -0.39 is 0 Å². The molecule has 0 aliphatic carbocycles. The van der Waals surface area contributed by atoms with Gasteiger partial charge in [-0.25, -0.2) is 15.0 Å². The van der Waals surface area contributed by atoms with Crippen LogP contribution in [0.15, 0.2) is 36.7 Å². The van der Waals surface area contributed by atoms with Gasteiger partial charge in [-0.1, -0.05) is 18.2 Å². The van der Waals surface area contributed by atoms with E-state index in [1.54, 1.807) is 6.33 Å². The number of para-hydroxylation sites is 1. The molecule has 0 unspecified atom stereocenters. The molecule has 1 aromatic carbocycles. The lowest BCUT2D eigenvalue weighted by atomic mass is 10.2. The first-order chi connectivity index (χ1) is 9.31. The zero-order valence-electron chi connectivity index (χ0n) is 9.88. The third-order valence-corrected chi connectivity index (χ3v) is 3.08. The largest absolute Gasteiger partial charge is 0.382 e. The van der Waals surface area contributed by atoms with E-state index in [0.717, 1.165) is 16.6 Å². The third-order valence-electron chi connectivity index (χ3n) is 3.08. The van der Waals surface area contributed by atoms with Crippen molar-refractivity contribution >= 4 is 27.9 Å². The van der Waals surface area contributed by atoms with Gasteiger partial charge in [-0.05, 0) is 12.1 Å².